The van der Waals surface area contributed by atoms with Gasteiger partial charge in [0.25, 0.3) is 0 Å². The Bertz CT molecular complexity index is 450. The molecule has 0 nitrogen and oxygen atoms in total. The first-order valence-electron chi connectivity index (χ1n) is 4.44. The van der Waals surface area contributed by atoms with Gasteiger partial charge in [0.15, 0.2) is 0 Å². The zero-order valence-electron chi connectivity index (χ0n) is 7.96. The van der Waals surface area contributed by atoms with Crippen molar-refractivity contribution in [3.8, 4) is 0 Å². The predicted octanol–water partition coefficient (Wildman–Crippen LogP) is 2.25. The van der Waals surface area contributed by atoms with E-state index in [-0.39, 0.29) is 0 Å². The van der Waals surface area contributed by atoms with Crippen LogP contribution in [0.3, 0.4) is 0 Å². The van der Waals surface area contributed by atoms with Crippen molar-refractivity contribution in [2.24, 2.45) is 0 Å². The molecule has 0 aliphatic heterocycles. The molecule has 0 saturated heterocycles. The molecular weight excluding hydrogens is 155 g/mol. The molecule has 0 atom stereocenters. The van der Waals surface area contributed by atoms with Gasteiger partial charge in [0, 0.05) is 0 Å². The highest BCUT2D eigenvalue weighted by Crippen LogP contribution is 2.18. The van der Waals surface area contributed by atoms with Crippen LogP contribution in [0.2, 0.25) is 0 Å². The number of fused-ring (bicyclic) bond motifs is 1. The first kappa shape index (κ1) is 8.37. The summed E-state index contributed by atoms with van der Waals surface area (Å²) in [6, 6.07) is 10.3. The summed E-state index contributed by atoms with van der Waals surface area (Å²) in [4.78, 5) is 0. The first-order chi connectivity index (χ1) is 6.20. The van der Waals surface area contributed by atoms with Crippen molar-refractivity contribution in [2.45, 2.75) is 13.8 Å². The van der Waals surface area contributed by atoms with E-state index in [1.165, 1.54) is 21.9 Å². The van der Waals surface area contributed by atoms with Crippen molar-refractivity contribution >= 4 is 24.1 Å². The fourth-order valence-electron chi connectivity index (χ4n) is 1.77. The van der Waals surface area contributed by atoms with E-state index in [0.717, 1.165) is 5.46 Å². The molecule has 2 rings (SSSR count). The molecule has 0 unspecified atom stereocenters. The third-order valence-corrected chi connectivity index (χ3v) is 2.50. The molecule has 0 N–H and O–H groups in total. The number of hydrogen-bond acceptors (Lipinski definition) is 0. The molecule has 1 heteroatoms. The Kier molecular flexibility index (Phi) is 1.88. The maximum atomic E-state index is 5.93. The Balaban J connectivity index is 3.00. The van der Waals surface area contributed by atoms with Crippen LogP contribution in [-0.2, 0) is 0 Å². The quantitative estimate of drug-likeness (QED) is 0.526. The lowest BCUT2D eigenvalue weighted by atomic mass is 9.86. The molecule has 0 aliphatic carbocycles. The van der Waals surface area contributed by atoms with Gasteiger partial charge < -0.3 is 0 Å². The fourth-order valence-corrected chi connectivity index (χ4v) is 1.77. The van der Waals surface area contributed by atoms with Gasteiger partial charge in [-0.2, -0.15) is 0 Å². The van der Waals surface area contributed by atoms with Gasteiger partial charge in [-0.3, -0.25) is 0 Å². The number of hydrogen-bond donors (Lipinski definition) is 0. The van der Waals surface area contributed by atoms with Crippen LogP contribution in [0.25, 0.3) is 10.8 Å². The van der Waals surface area contributed by atoms with Gasteiger partial charge >= 0.3 is 0 Å². The van der Waals surface area contributed by atoms with Gasteiger partial charge in [0.2, 0.25) is 0 Å². The molecule has 13 heavy (non-hydrogen) atoms. The monoisotopic (exact) mass is 166 g/mol. The van der Waals surface area contributed by atoms with Crippen LogP contribution < -0.4 is 5.46 Å². The van der Waals surface area contributed by atoms with Crippen LogP contribution >= 0.6 is 0 Å². The highest BCUT2D eigenvalue weighted by atomic mass is 14.0. The highest BCUT2D eigenvalue weighted by Gasteiger charge is 2.01. The van der Waals surface area contributed by atoms with Crippen LogP contribution in [0.1, 0.15) is 11.1 Å². The topological polar surface area (TPSA) is 0 Å². The second kappa shape index (κ2) is 2.92. The number of aryl methyl sites for hydroxylation is 2. The summed E-state index contributed by atoms with van der Waals surface area (Å²) in [6.07, 6.45) is 0. The van der Waals surface area contributed by atoms with E-state index in [0.29, 0.717) is 0 Å². The van der Waals surface area contributed by atoms with Gasteiger partial charge in [-0.15, -0.1) is 0 Å². The van der Waals surface area contributed by atoms with Gasteiger partial charge in [0.05, 0.1) is 0 Å². The van der Waals surface area contributed by atoms with E-state index in [1.54, 1.807) is 0 Å². The van der Waals surface area contributed by atoms with Crippen LogP contribution in [0.4, 0.5) is 0 Å². The van der Waals surface area contributed by atoms with Crippen LogP contribution in [0.5, 0.6) is 0 Å². The molecule has 0 aliphatic rings. The second-order valence-corrected chi connectivity index (χ2v) is 3.47. The average Bonchev–Trinajstić information content (AvgIpc) is 2.12. The highest BCUT2D eigenvalue weighted by molar-refractivity contribution is 6.39. The first-order valence-corrected chi connectivity index (χ1v) is 4.44. The molecule has 0 aromatic heterocycles. The van der Waals surface area contributed by atoms with Gasteiger partial charge in [-0.05, 0) is 35.7 Å². The van der Waals surface area contributed by atoms with E-state index in [4.69, 9.17) is 7.85 Å². The molecule has 0 heterocycles. The van der Waals surface area contributed by atoms with E-state index in [2.05, 4.69) is 38.1 Å². The molecule has 0 spiro atoms. The van der Waals surface area contributed by atoms with E-state index < -0.39 is 0 Å². The minimum Gasteiger partial charge on any atom is -0.0887 e. The lowest BCUT2D eigenvalue weighted by Gasteiger charge is -2.08. The summed E-state index contributed by atoms with van der Waals surface area (Å²) in [6.45, 7) is 4.21. The SMILES string of the molecule is [B]c1ccc(C)c2cccc(C)c12. The summed E-state index contributed by atoms with van der Waals surface area (Å²) < 4.78 is 0. The molecular formula is C12H11B. The third kappa shape index (κ3) is 1.25. The zero-order chi connectivity index (χ0) is 9.42. The van der Waals surface area contributed by atoms with Gasteiger partial charge in [-0.1, -0.05) is 35.8 Å². The average molecular weight is 166 g/mol. The zero-order valence-corrected chi connectivity index (χ0v) is 7.96. The standard InChI is InChI=1S/C12H11B/c1-8-6-7-11(13)12-9(2)4-3-5-10(8)12/h3-7H,1-2H3. The Morgan fingerprint density at radius 3 is 2.38 bits per heavy atom. The van der Waals surface area contributed by atoms with E-state index in [1.807, 2.05) is 6.07 Å². The van der Waals surface area contributed by atoms with Crippen molar-refractivity contribution in [1.29, 1.82) is 0 Å². The molecule has 0 fully saturated rings. The number of rotatable bonds is 0. The van der Waals surface area contributed by atoms with Crippen molar-refractivity contribution in [3.05, 3.63) is 41.5 Å². The van der Waals surface area contributed by atoms with Crippen LogP contribution in [-0.4, -0.2) is 7.85 Å². The lowest BCUT2D eigenvalue weighted by Crippen LogP contribution is -2.05. The molecule has 62 valence electrons. The van der Waals surface area contributed by atoms with Crippen LogP contribution in [0.15, 0.2) is 30.3 Å². The predicted molar refractivity (Wildman–Crippen MR) is 58.8 cm³/mol. The summed E-state index contributed by atoms with van der Waals surface area (Å²) in [5.74, 6) is 0. The molecule has 0 saturated carbocycles. The maximum Gasteiger partial charge on any atom is 0.114 e. The Morgan fingerprint density at radius 1 is 0.923 bits per heavy atom. The second-order valence-electron chi connectivity index (χ2n) is 3.47. The van der Waals surface area contributed by atoms with Crippen molar-refractivity contribution in [2.75, 3.05) is 0 Å². The fraction of sp³-hybridized carbons (Fsp3) is 0.167. The smallest absolute Gasteiger partial charge is 0.0887 e. The molecule has 2 aromatic carbocycles. The molecule has 2 aromatic rings. The molecule has 0 bridgehead atoms. The third-order valence-electron chi connectivity index (χ3n) is 2.50. The normalized spacial score (nSPS) is 10.6. The van der Waals surface area contributed by atoms with Crippen molar-refractivity contribution < 1.29 is 0 Å². The molecule has 2 radical (unpaired) electrons. The summed E-state index contributed by atoms with van der Waals surface area (Å²) >= 11 is 0. The Morgan fingerprint density at radius 2 is 1.69 bits per heavy atom. The summed E-state index contributed by atoms with van der Waals surface area (Å²) in [7, 11) is 5.93. The van der Waals surface area contributed by atoms with Crippen molar-refractivity contribution in [1.82, 2.24) is 0 Å². The maximum absolute atomic E-state index is 5.93. The van der Waals surface area contributed by atoms with Gasteiger partial charge in [0.1, 0.15) is 7.85 Å². The largest absolute Gasteiger partial charge is 0.114 e. The number of benzene rings is 2. The molecule has 0 amide bonds. The van der Waals surface area contributed by atoms with E-state index >= 15 is 0 Å². The Labute approximate surface area is 80.0 Å². The minimum atomic E-state index is 0.874. The van der Waals surface area contributed by atoms with E-state index in [9.17, 15) is 0 Å². The van der Waals surface area contributed by atoms with Crippen molar-refractivity contribution in [3.63, 3.8) is 0 Å². The summed E-state index contributed by atoms with van der Waals surface area (Å²) in [5, 5.41) is 2.46. The minimum absolute atomic E-state index is 0.874. The Hall–Kier alpha value is -1.24. The lowest BCUT2D eigenvalue weighted by molar-refractivity contribution is 1.49. The van der Waals surface area contributed by atoms with Gasteiger partial charge in [-0.25, -0.2) is 0 Å². The van der Waals surface area contributed by atoms with Crippen LogP contribution in [0, 0.1) is 13.8 Å². The summed E-state index contributed by atoms with van der Waals surface area (Å²) in [5.41, 5.74) is 3.41.